The molecule has 44 heavy (non-hydrogen) atoms. The Morgan fingerprint density at radius 2 is 1.66 bits per heavy atom. The molecule has 0 aliphatic carbocycles. The van der Waals surface area contributed by atoms with Crippen LogP contribution in [0.2, 0.25) is 0 Å². The Bertz CT molecular complexity index is 1750. The molecule has 0 spiro atoms. The first-order valence-electron chi connectivity index (χ1n) is 14.9. The maximum absolute atomic E-state index is 14.4. The van der Waals surface area contributed by atoms with E-state index in [9.17, 15) is 9.59 Å². The van der Waals surface area contributed by atoms with Crippen LogP contribution in [0.3, 0.4) is 0 Å². The van der Waals surface area contributed by atoms with Crippen LogP contribution < -0.4 is 0 Å². The van der Waals surface area contributed by atoms with Crippen molar-refractivity contribution in [3.05, 3.63) is 149 Å². The van der Waals surface area contributed by atoms with Crippen LogP contribution >= 0.6 is 0 Å². The first-order chi connectivity index (χ1) is 21.5. The third-order valence-electron chi connectivity index (χ3n) is 7.97. The minimum Gasteiger partial charge on any atom is -0.361 e. The third kappa shape index (κ3) is 6.84. The fourth-order valence-corrected chi connectivity index (χ4v) is 5.63. The molecule has 7 heteroatoms. The first kappa shape index (κ1) is 28.8. The summed E-state index contributed by atoms with van der Waals surface area (Å²) in [6.07, 6.45) is 6.07. The molecule has 3 aromatic carbocycles. The summed E-state index contributed by atoms with van der Waals surface area (Å²) >= 11 is 0. The molecule has 1 unspecified atom stereocenters. The molecule has 1 aliphatic rings. The van der Waals surface area contributed by atoms with Gasteiger partial charge in [-0.3, -0.25) is 14.6 Å². The highest BCUT2D eigenvalue weighted by Crippen LogP contribution is 2.24. The number of hydrogen-bond donors (Lipinski definition) is 0. The second-order valence-corrected chi connectivity index (χ2v) is 11.1. The number of hydrogen-bond acceptors (Lipinski definition) is 5. The van der Waals surface area contributed by atoms with E-state index in [2.05, 4.69) is 22.3 Å². The lowest BCUT2D eigenvalue weighted by molar-refractivity contribution is -0.144. The van der Waals surface area contributed by atoms with Gasteiger partial charge >= 0.3 is 0 Å². The van der Waals surface area contributed by atoms with Gasteiger partial charge in [-0.15, -0.1) is 0 Å². The van der Waals surface area contributed by atoms with Gasteiger partial charge in [-0.2, -0.15) is 0 Å². The summed E-state index contributed by atoms with van der Waals surface area (Å²) in [5.74, 6) is 0.322. The molecule has 0 N–H and O–H groups in total. The molecule has 3 heterocycles. The van der Waals surface area contributed by atoms with E-state index >= 15 is 0 Å². The zero-order valence-corrected chi connectivity index (χ0v) is 24.7. The van der Waals surface area contributed by atoms with Crippen molar-refractivity contribution in [3.8, 4) is 11.3 Å². The van der Waals surface area contributed by atoms with Crippen molar-refractivity contribution >= 4 is 17.9 Å². The van der Waals surface area contributed by atoms with Crippen molar-refractivity contribution < 1.29 is 14.1 Å². The van der Waals surface area contributed by atoms with E-state index in [1.807, 2.05) is 89.8 Å². The normalized spacial score (nSPS) is 13.4. The first-order valence-corrected chi connectivity index (χ1v) is 14.9. The van der Waals surface area contributed by atoms with Crippen molar-refractivity contribution in [2.24, 2.45) is 0 Å². The zero-order chi connectivity index (χ0) is 30.3. The largest absolute Gasteiger partial charge is 0.361 e. The topological polar surface area (TPSA) is 79.5 Å². The molecule has 1 atom stereocenters. The van der Waals surface area contributed by atoms with Gasteiger partial charge < -0.3 is 14.3 Å². The Labute approximate surface area is 257 Å². The maximum Gasteiger partial charge on any atom is 0.247 e. The molecular formula is C37H34N4O3. The molecule has 220 valence electrons. The summed E-state index contributed by atoms with van der Waals surface area (Å²) in [4.78, 5) is 36.5. The average Bonchev–Trinajstić information content (AvgIpc) is 3.50. The zero-order valence-electron chi connectivity index (χ0n) is 24.7. The summed E-state index contributed by atoms with van der Waals surface area (Å²) in [7, 11) is 0. The van der Waals surface area contributed by atoms with Crippen molar-refractivity contribution in [2.75, 3.05) is 6.54 Å². The van der Waals surface area contributed by atoms with Gasteiger partial charge in [0.1, 0.15) is 17.5 Å². The predicted molar refractivity (Wildman–Crippen MR) is 170 cm³/mol. The third-order valence-corrected chi connectivity index (χ3v) is 7.97. The minimum atomic E-state index is -0.714. The van der Waals surface area contributed by atoms with E-state index in [1.54, 1.807) is 30.2 Å². The number of amides is 2. The van der Waals surface area contributed by atoms with Gasteiger partial charge in [0.25, 0.3) is 0 Å². The lowest BCUT2D eigenvalue weighted by atomic mass is 9.97. The molecule has 0 saturated carbocycles. The predicted octanol–water partition coefficient (Wildman–Crippen LogP) is 6.28. The Kier molecular flexibility index (Phi) is 8.73. The lowest BCUT2D eigenvalue weighted by Gasteiger charge is -2.36. The van der Waals surface area contributed by atoms with Crippen LogP contribution in [0.4, 0.5) is 0 Å². The summed E-state index contributed by atoms with van der Waals surface area (Å²) in [5, 5.41) is 4.00. The Morgan fingerprint density at radius 1 is 0.909 bits per heavy atom. The molecule has 0 radical (unpaired) electrons. The van der Waals surface area contributed by atoms with Crippen molar-refractivity contribution in [1.29, 1.82) is 0 Å². The number of nitrogens with zero attached hydrogens (tertiary/aromatic N) is 4. The van der Waals surface area contributed by atoms with Crippen LogP contribution in [0.25, 0.3) is 17.3 Å². The van der Waals surface area contributed by atoms with Crippen LogP contribution in [0, 0.1) is 6.92 Å². The van der Waals surface area contributed by atoms with Gasteiger partial charge in [-0.05, 0) is 53.8 Å². The number of pyridine rings is 1. The summed E-state index contributed by atoms with van der Waals surface area (Å²) in [6, 6.07) is 33.0. The number of aryl methyl sites for hydroxylation is 1. The molecule has 2 aromatic heterocycles. The number of carbonyl (C=O) groups is 2. The molecule has 0 fully saturated rings. The Hall–Kier alpha value is -5.30. The average molecular weight is 583 g/mol. The van der Waals surface area contributed by atoms with Crippen LogP contribution in [0.1, 0.15) is 33.7 Å². The van der Waals surface area contributed by atoms with E-state index in [-0.39, 0.29) is 18.4 Å². The van der Waals surface area contributed by atoms with E-state index in [1.165, 1.54) is 11.6 Å². The number of aromatic nitrogens is 2. The standard InChI is InChI=1S/C37H34N4O3/c1-27-23-33(39-44-27)18-19-36(42)41(25-29-14-16-31(17-15-29)34-13-7-8-21-38-34)35(24-28-9-3-2-4-10-28)37(43)40-22-20-30-11-5-6-12-32(30)26-40/h2-19,21,23,35H,20,22,24-26H2,1H3. The quantitative estimate of drug-likeness (QED) is 0.191. The number of carbonyl (C=O) groups excluding carboxylic acids is 2. The van der Waals surface area contributed by atoms with Crippen LogP contribution in [-0.4, -0.2) is 44.3 Å². The van der Waals surface area contributed by atoms with E-state index in [0.29, 0.717) is 31.0 Å². The second kappa shape index (κ2) is 13.3. The fraction of sp³-hybridized carbons (Fsp3) is 0.189. The van der Waals surface area contributed by atoms with Gasteiger partial charge in [0.15, 0.2) is 0 Å². The van der Waals surface area contributed by atoms with Crippen LogP contribution in [0.15, 0.2) is 120 Å². The number of benzene rings is 3. The van der Waals surface area contributed by atoms with Crippen molar-refractivity contribution in [3.63, 3.8) is 0 Å². The molecule has 7 nitrogen and oxygen atoms in total. The highest BCUT2D eigenvalue weighted by molar-refractivity contribution is 5.95. The highest BCUT2D eigenvalue weighted by atomic mass is 16.5. The van der Waals surface area contributed by atoms with E-state index in [4.69, 9.17) is 4.52 Å². The van der Waals surface area contributed by atoms with E-state index < -0.39 is 6.04 Å². The summed E-state index contributed by atoms with van der Waals surface area (Å²) < 4.78 is 5.18. The SMILES string of the molecule is Cc1cc(C=CC(=O)N(Cc2ccc(-c3ccccn3)cc2)C(Cc2ccccc2)C(=O)N2CCc3ccccc3C2)no1. The van der Waals surface area contributed by atoms with Crippen LogP contribution in [-0.2, 0) is 35.5 Å². The van der Waals surface area contributed by atoms with Crippen LogP contribution in [0.5, 0.6) is 0 Å². The maximum atomic E-state index is 14.4. The molecule has 2 amide bonds. The second-order valence-electron chi connectivity index (χ2n) is 11.1. The Balaban J connectivity index is 1.34. The fourth-order valence-electron chi connectivity index (χ4n) is 5.63. The van der Waals surface area contributed by atoms with Gasteiger partial charge in [-0.1, -0.05) is 90.1 Å². The summed E-state index contributed by atoms with van der Waals surface area (Å²) in [5.41, 5.74) is 6.73. The van der Waals surface area contributed by atoms with Crippen molar-refractivity contribution in [1.82, 2.24) is 19.9 Å². The number of fused-ring (bicyclic) bond motifs is 1. The van der Waals surface area contributed by atoms with Crippen molar-refractivity contribution in [2.45, 2.75) is 38.9 Å². The smallest absolute Gasteiger partial charge is 0.247 e. The van der Waals surface area contributed by atoms with Gasteiger partial charge in [-0.25, -0.2) is 0 Å². The van der Waals surface area contributed by atoms with E-state index in [0.717, 1.165) is 34.4 Å². The number of rotatable bonds is 9. The molecular weight excluding hydrogens is 548 g/mol. The van der Waals surface area contributed by atoms with Gasteiger partial charge in [0.2, 0.25) is 11.8 Å². The molecule has 1 aliphatic heterocycles. The lowest BCUT2D eigenvalue weighted by Crippen LogP contribution is -2.52. The molecule has 0 saturated heterocycles. The minimum absolute atomic E-state index is 0.0625. The molecule has 5 aromatic rings. The Morgan fingerprint density at radius 3 is 2.39 bits per heavy atom. The summed E-state index contributed by atoms with van der Waals surface area (Å²) in [6.45, 7) is 3.20. The highest BCUT2D eigenvalue weighted by Gasteiger charge is 2.34. The molecule has 6 rings (SSSR count). The monoisotopic (exact) mass is 582 g/mol. The van der Waals surface area contributed by atoms with Gasteiger partial charge in [0.05, 0.1) is 5.69 Å². The molecule has 0 bridgehead atoms. The van der Waals surface area contributed by atoms with Gasteiger partial charge in [0, 0.05) is 50.0 Å².